The SMILES string of the molecule is CC1CN(C2CCC(c3ccccc3)CC2)CC1N. The minimum Gasteiger partial charge on any atom is -0.326 e. The highest BCUT2D eigenvalue weighted by Gasteiger charge is 2.33. The number of rotatable bonds is 2. The molecule has 3 rings (SSSR count). The Labute approximate surface area is 117 Å². The third-order valence-corrected chi connectivity index (χ3v) is 5.18. The van der Waals surface area contributed by atoms with Gasteiger partial charge in [0.2, 0.25) is 0 Å². The molecule has 104 valence electrons. The zero-order valence-corrected chi connectivity index (χ0v) is 12.0. The smallest absolute Gasteiger partial charge is 0.0206 e. The summed E-state index contributed by atoms with van der Waals surface area (Å²) in [5.41, 5.74) is 7.69. The van der Waals surface area contributed by atoms with Gasteiger partial charge in [-0.3, -0.25) is 4.90 Å². The maximum Gasteiger partial charge on any atom is 0.0206 e. The van der Waals surface area contributed by atoms with Crippen molar-refractivity contribution >= 4 is 0 Å². The van der Waals surface area contributed by atoms with E-state index in [-0.39, 0.29) is 0 Å². The molecule has 1 aliphatic heterocycles. The monoisotopic (exact) mass is 258 g/mol. The Bertz CT molecular complexity index is 385. The molecule has 0 spiro atoms. The van der Waals surface area contributed by atoms with Gasteiger partial charge in [-0.15, -0.1) is 0 Å². The molecule has 1 saturated heterocycles. The zero-order chi connectivity index (χ0) is 13.2. The quantitative estimate of drug-likeness (QED) is 0.883. The van der Waals surface area contributed by atoms with Crippen LogP contribution in [0.2, 0.25) is 0 Å². The largest absolute Gasteiger partial charge is 0.326 e. The van der Waals surface area contributed by atoms with Gasteiger partial charge in [-0.1, -0.05) is 37.3 Å². The lowest BCUT2D eigenvalue weighted by Gasteiger charge is -2.35. The number of benzene rings is 1. The first-order chi connectivity index (χ1) is 9.24. The van der Waals surface area contributed by atoms with Gasteiger partial charge in [0.1, 0.15) is 0 Å². The molecular weight excluding hydrogens is 232 g/mol. The van der Waals surface area contributed by atoms with Gasteiger partial charge in [0, 0.05) is 25.2 Å². The third kappa shape index (κ3) is 2.85. The average Bonchev–Trinajstić information content (AvgIpc) is 2.80. The highest BCUT2D eigenvalue weighted by molar-refractivity contribution is 5.20. The van der Waals surface area contributed by atoms with Crippen LogP contribution in [0.25, 0.3) is 0 Å². The van der Waals surface area contributed by atoms with Crippen molar-refractivity contribution in [2.75, 3.05) is 13.1 Å². The molecule has 2 nitrogen and oxygen atoms in total. The van der Waals surface area contributed by atoms with Gasteiger partial charge >= 0.3 is 0 Å². The average molecular weight is 258 g/mol. The topological polar surface area (TPSA) is 29.3 Å². The normalized spacial score (nSPS) is 36.5. The zero-order valence-electron chi connectivity index (χ0n) is 12.0. The summed E-state index contributed by atoms with van der Waals surface area (Å²) in [7, 11) is 0. The summed E-state index contributed by atoms with van der Waals surface area (Å²) < 4.78 is 0. The molecule has 1 saturated carbocycles. The second kappa shape index (κ2) is 5.64. The minimum atomic E-state index is 0.395. The van der Waals surface area contributed by atoms with Crippen LogP contribution in [0, 0.1) is 5.92 Å². The molecule has 0 amide bonds. The Morgan fingerprint density at radius 2 is 1.68 bits per heavy atom. The van der Waals surface area contributed by atoms with Crippen molar-refractivity contribution in [3.8, 4) is 0 Å². The first-order valence-electron chi connectivity index (χ1n) is 7.78. The van der Waals surface area contributed by atoms with Gasteiger partial charge in [0.15, 0.2) is 0 Å². The van der Waals surface area contributed by atoms with E-state index in [0.29, 0.717) is 12.0 Å². The summed E-state index contributed by atoms with van der Waals surface area (Å²) in [6, 6.07) is 12.2. The first kappa shape index (κ1) is 13.1. The van der Waals surface area contributed by atoms with Crippen LogP contribution in [-0.4, -0.2) is 30.1 Å². The van der Waals surface area contributed by atoms with Crippen LogP contribution in [0.5, 0.6) is 0 Å². The molecule has 0 bridgehead atoms. The van der Waals surface area contributed by atoms with Gasteiger partial charge < -0.3 is 5.73 Å². The van der Waals surface area contributed by atoms with Crippen LogP contribution in [0.3, 0.4) is 0 Å². The summed E-state index contributed by atoms with van der Waals surface area (Å²) in [4.78, 5) is 2.65. The lowest BCUT2D eigenvalue weighted by molar-refractivity contribution is 0.176. The van der Waals surface area contributed by atoms with Crippen LogP contribution in [0.1, 0.15) is 44.1 Å². The van der Waals surface area contributed by atoms with Gasteiger partial charge in [-0.25, -0.2) is 0 Å². The standard InChI is InChI=1S/C17H26N2/c1-13-11-19(12-17(13)18)16-9-7-15(8-10-16)14-5-3-2-4-6-14/h2-6,13,15-17H,7-12,18H2,1H3. The first-order valence-corrected chi connectivity index (χ1v) is 7.78. The fourth-order valence-electron chi connectivity index (χ4n) is 3.83. The highest BCUT2D eigenvalue weighted by Crippen LogP contribution is 2.35. The molecule has 2 N–H and O–H groups in total. The maximum absolute atomic E-state index is 6.15. The number of hydrogen-bond acceptors (Lipinski definition) is 2. The molecule has 2 heteroatoms. The van der Waals surface area contributed by atoms with E-state index in [9.17, 15) is 0 Å². The molecule has 0 radical (unpaired) electrons. The maximum atomic E-state index is 6.15. The molecule has 2 fully saturated rings. The summed E-state index contributed by atoms with van der Waals surface area (Å²) >= 11 is 0. The second-order valence-electron chi connectivity index (χ2n) is 6.51. The summed E-state index contributed by atoms with van der Waals surface area (Å²) in [5, 5.41) is 0. The van der Waals surface area contributed by atoms with Crippen LogP contribution in [0.4, 0.5) is 0 Å². The number of hydrogen-bond donors (Lipinski definition) is 1. The van der Waals surface area contributed by atoms with Gasteiger partial charge in [0.05, 0.1) is 0 Å². The molecular formula is C17H26N2. The molecule has 1 aromatic carbocycles. The van der Waals surface area contributed by atoms with E-state index in [0.717, 1.165) is 18.5 Å². The minimum absolute atomic E-state index is 0.395. The van der Waals surface area contributed by atoms with Crippen molar-refractivity contribution < 1.29 is 0 Å². The van der Waals surface area contributed by atoms with Crippen molar-refractivity contribution in [1.82, 2.24) is 4.90 Å². The van der Waals surface area contributed by atoms with Crippen LogP contribution >= 0.6 is 0 Å². The molecule has 2 atom stereocenters. The number of nitrogens with two attached hydrogens (primary N) is 1. The molecule has 1 heterocycles. The van der Waals surface area contributed by atoms with E-state index in [1.54, 1.807) is 0 Å². The van der Waals surface area contributed by atoms with E-state index in [4.69, 9.17) is 5.73 Å². The highest BCUT2D eigenvalue weighted by atomic mass is 15.2. The van der Waals surface area contributed by atoms with E-state index in [1.165, 1.54) is 37.8 Å². The summed E-state index contributed by atoms with van der Waals surface area (Å²) in [6.45, 7) is 4.62. The van der Waals surface area contributed by atoms with Crippen molar-refractivity contribution in [2.24, 2.45) is 11.7 Å². The van der Waals surface area contributed by atoms with E-state index in [1.807, 2.05) is 0 Å². The van der Waals surface area contributed by atoms with E-state index >= 15 is 0 Å². The number of nitrogens with zero attached hydrogens (tertiary/aromatic N) is 1. The second-order valence-corrected chi connectivity index (χ2v) is 6.51. The van der Waals surface area contributed by atoms with Crippen molar-refractivity contribution in [2.45, 2.75) is 50.6 Å². The van der Waals surface area contributed by atoms with Crippen LogP contribution < -0.4 is 5.73 Å². The van der Waals surface area contributed by atoms with Gasteiger partial charge in [0.25, 0.3) is 0 Å². The van der Waals surface area contributed by atoms with Gasteiger partial charge in [-0.2, -0.15) is 0 Å². The predicted molar refractivity (Wildman–Crippen MR) is 80.2 cm³/mol. The fraction of sp³-hybridized carbons (Fsp3) is 0.647. The van der Waals surface area contributed by atoms with Crippen molar-refractivity contribution in [1.29, 1.82) is 0 Å². The van der Waals surface area contributed by atoms with Crippen molar-refractivity contribution in [3.63, 3.8) is 0 Å². The Morgan fingerprint density at radius 3 is 2.26 bits per heavy atom. The lowest BCUT2D eigenvalue weighted by atomic mass is 9.81. The van der Waals surface area contributed by atoms with E-state index < -0.39 is 0 Å². The molecule has 2 unspecified atom stereocenters. The van der Waals surface area contributed by atoms with Crippen LogP contribution in [0.15, 0.2) is 30.3 Å². The Balaban J connectivity index is 1.55. The third-order valence-electron chi connectivity index (χ3n) is 5.18. The number of likely N-dealkylation sites (tertiary alicyclic amines) is 1. The Kier molecular flexibility index (Phi) is 3.90. The Hall–Kier alpha value is -0.860. The fourth-order valence-corrected chi connectivity index (χ4v) is 3.83. The molecule has 19 heavy (non-hydrogen) atoms. The van der Waals surface area contributed by atoms with Crippen molar-refractivity contribution in [3.05, 3.63) is 35.9 Å². The van der Waals surface area contributed by atoms with Gasteiger partial charge in [-0.05, 0) is 43.1 Å². The summed E-state index contributed by atoms with van der Waals surface area (Å²) in [6.07, 6.45) is 5.38. The molecule has 0 aromatic heterocycles. The lowest BCUT2D eigenvalue weighted by Crippen LogP contribution is -2.37. The Morgan fingerprint density at radius 1 is 1.00 bits per heavy atom. The molecule has 1 aromatic rings. The van der Waals surface area contributed by atoms with E-state index in [2.05, 4.69) is 42.2 Å². The van der Waals surface area contributed by atoms with Crippen LogP contribution in [-0.2, 0) is 0 Å². The molecule has 1 aliphatic carbocycles. The molecule has 2 aliphatic rings. The summed E-state index contributed by atoms with van der Waals surface area (Å²) in [5.74, 6) is 1.46. The predicted octanol–water partition coefficient (Wildman–Crippen LogP) is 2.99.